The van der Waals surface area contributed by atoms with Gasteiger partial charge in [0.05, 0.1) is 10.6 Å². The number of hydrogen-bond donors (Lipinski definition) is 2. The number of hydrogen-bond acceptors (Lipinski definition) is 4. The van der Waals surface area contributed by atoms with Crippen LogP contribution in [-0.4, -0.2) is 16.1 Å². The minimum Gasteiger partial charge on any atom is -0.306 e. The molecule has 0 saturated heterocycles. The van der Waals surface area contributed by atoms with Crippen LogP contribution in [0.4, 0.5) is 5.82 Å². The first-order chi connectivity index (χ1) is 13.0. The molecule has 0 atom stereocenters. The van der Waals surface area contributed by atoms with E-state index in [1.54, 1.807) is 12.1 Å². The highest BCUT2D eigenvalue weighted by Gasteiger charge is 2.18. The molecule has 0 bridgehead atoms. The number of H-pyrrole nitrogens is 1. The van der Waals surface area contributed by atoms with Crippen LogP contribution in [0.3, 0.4) is 0 Å². The lowest BCUT2D eigenvalue weighted by Crippen LogP contribution is -2.13. The third-order valence-electron chi connectivity index (χ3n) is 3.58. The molecule has 0 fully saturated rings. The van der Waals surface area contributed by atoms with Gasteiger partial charge >= 0.3 is 0 Å². The molecule has 0 saturated carbocycles. The third kappa shape index (κ3) is 4.57. The van der Waals surface area contributed by atoms with E-state index in [2.05, 4.69) is 21.6 Å². The Hall–Kier alpha value is -2.17. The maximum Gasteiger partial charge on any atom is 0.258 e. The van der Waals surface area contributed by atoms with Crippen LogP contribution >= 0.6 is 46.6 Å². The number of amides is 1. The van der Waals surface area contributed by atoms with Crippen LogP contribution in [0.5, 0.6) is 0 Å². The van der Waals surface area contributed by atoms with Crippen molar-refractivity contribution < 1.29 is 4.79 Å². The van der Waals surface area contributed by atoms with Gasteiger partial charge < -0.3 is 5.32 Å². The lowest BCUT2D eigenvalue weighted by Gasteiger charge is -2.06. The van der Waals surface area contributed by atoms with Gasteiger partial charge in [0.1, 0.15) is 22.5 Å². The highest BCUT2D eigenvalue weighted by Crippen LogP contribution is 2.30. The van der Waals surface area contributed by atoms with E-state index >= 15 is 0 Å². The molecule has 1 heterocycles. The van der Waals surface area contributed by atoms with Crippen LogP contribution in [0.2, 0.25) is 15.1 Å². The number of thioether (sulfide) groups is 1. The van der Waals surface area contributed by atoms with E-state index in [4.69, 9.17) is 34.8 Å². The van der Waals surface area contributed by atoms with Gasteiger partial charge in [-0.3, -0.25) is 9.89 Å². The molecule has 136 valence electrons. The zero-order valence-electron chi connectivity index (χ0n) is 13.6. The van der Waals surface area contributed by atoms with E-state index in [1.165, 1.54) is 23.9 Å². The van der Waals surface area contributed by atoms with E-state index in [-0.39, 0.29) is 22.0 Å². The van der Waals surface area contributed by atoms with Gasteiger partial charge in [-0.1, -0.05) is 64.8 Å². The average molecular weight is 438 g/mol. The quantitative estimate of drug-likeness (QED) is 0.495. The van der Waals surface area contributed by atoms with Crippen molar-refractivity contribution in [3.05, 3.63) is 74.2 Å². The minimum atomic E-state index is -0.473. The summed E-state index contributed by atoms with van der Waals surface area (Å²) in [6, 6.07) is 14.0. The fourth-order valence-electron chi connectivity index (χ4n) is 2.24. The lowest BCUT2D eigenvalue weighted by molar-refractivity contribution is 0.102. The first-order valence-electron chi connectivity index (χ1n) is 7.60. The molecule has 0 unspecified atom stereocenters. The summed E-state index contributed by atoms with van der Waals surface area (Å²) in [6.07, 6.45) is 0. The third-order valence-corrected chi connectivity index (χ3v) is 5.52. The Morgan fingerprint density at radius 2 is 1.96 bits per heavy atom. The summed E-state index contributed by atoms with van der Waals surface area (Å²) in [7, 11) is 0. The van der Waals surface area contributed by atoms with Crippen LogP contribution < -0.4 is 5.32 Å². The van der Waals surface area contributed by atoms with Crippen molar-refractivity contribution in [3.63, 3.8) is 0 Å². The summed E-state index contributed by atoms with van der Waals surface area (Å²) in [6.45, 7) is 0. The van der Waals surface area contributed by atoms with Gasteiger partial charge in [0.2, 0.25) is 0 Å². The van der Waals surface area contributed by atoms with Crippen LogP contribution in [0.1, 0.15) is 21.5 Å². The summed E-state index contributed by atoms with van der Waals surface area (Å²) < 4.78 is 0. The van der Waals surface area contributed by atoms with Crippen LogP contribution in [0.15, 0.2) is 47.5 Å². The number of anilines is 1. The van der Waals surface area contributed by atoms with Crippen molar-refractivity contribution in [2.24, 2.45) is 0 Å². The Balaban J connectivity index is 1.77. The van der Waals surface area contributed by atoms with E-state index in [0.717, 1.165) is 5.56 Å². The van der Waals surface area contributed by atoms with Crippen molar-refractivity contribution in [3.8, 4) is 6.07 Å². The van der Waals surface area contributed by atoms with Crippen molar-refractivity contribution in [2.45, 2.75) is 10.8 Å². The maximum atomic E-state index is 12.4. The second-order valence-electron chi connectivity index (χ2n) is 5.35. The van der Waals surface area contributed by atoms with E-state index in [0.29, 0.717) is 20.8 Å². The first kappa shape index (κ1) is 19.6. The fourth-order valence-corrected chi connectivity index (χ4v) is 3.96. The van der Waals surface area contributed by atoms with Gasteiger partial charge in [-0.25, -0.2) is 0 Å². The fraction of sp³-hybridized carbons (Fsp3) is 0.0556. The second kappa shape index (κ2) is 8.68. The number of halogens is 3. The number of carbonyl (C=O) groups excluding carboxylic acids is 1. The molecule has 0 spiro atoms. The summed E-state index contributed by atoms with van der Waals surface area (Å²) in [5.41, 5.74) is 1.41. The molecule has 27 heavy (non-hydrogen) atoms. The highest BCUT2D eigenvalue weighted by atomic mass is 35.5. The van der Waals surface area contributed by atoms with Gasteiger partial charge in [-0.2, -0.15) is 10.4 Å². The van der Waals surface area contributed by atoms with Gasteiger partial charge in [0.25, 0.3) is 5.91 Å². The predicted molar refractivity (Wildman–Crippen MR) is 109 cm³/mol. The SMILES string of the molecule is N#Cc1c(SCc2ccccc2Cl)n[nH]c1NC(=O)c1ccc(Cl)cc1Cl. The van der Waals surface area contributed by atoms with Gasteiger partial charge in [-0.05, 0) is 29.8 Å². The van der Waals surface area contributed by atoms with Crippen LogP contribution in [0.25, 0.3) is 0 Å². The maximum absolute atomic E-state index is 12.4. The average Bonchev–Trinajstić information content (AvgIpc) is 3.02. The zero-order chi connectivity index (χ0) is 19.4. The number of benzene rings is 2. The highest BCUT2D eigenvalue weighted by molar-refractivity contribution is 7.98. The Morgan fingerprint density at radius 3 is 2.67 bits per heavy atom. The number of nitrogens with zero attached hydrogens (tertiary/aromatic N) is 2. The number of nitrogens with one attached hydrogen (secondary N) is 2. The van der Waals surface area contributed by atoms with E-state index in [1.807, 2.05) is 18.2 Å². The Kier molecular flexibility index (Phi) is 6.30. The predicted octanol–water partition coefficient (Wildman–Crippen LogP) is 5.79. The zero-order valence-corrected chi connectivity index (χ0v) is 16.7. The molecule has 0 aliphatic carbocycles. The number of carbonyl (C=O) groups is 1. The molecule has 3 aromatic rings. The topological polar surface area (TPSA) is 81.6 Å². The van der Waals surface area contributed by atoms with Gasteiger partial charge in [0, 0.05) is 15.8 Å². The second-order valence-corrected chi connectivity index (χ2v) is 7.56. The van der Waals surface area contributed by atoms with Crippen molar-refractivity contribution in [1.82, 2.24) is 10.2 Å². The van der Waals surface area contributed by atoms with Gasteiger partial charge in [0.15, 0.2) is 0 Å². The van der Waals surface area contributed by atoms with Crippen LogP contribution in [0, 0.1) is 11.3 Å². The molecule has 2 aromatic carbocycles. The van der Waals surface area contributed by atoms with Crippen molar-refractivity contribution >= 4 is 58.3 Å². The monoisotopic (exact) mass is 436 g/mol. The number of nitriles is 1. The number of aromatic amines is 1. The van der Waals surface area contributed by atoms with Gasteiger partial charge in [-0.15, -0.1) is 0 Å². The molecule has 0 aliphatic rings. The normalized spacial score (nSPS) is 10.4. The summed E-state index contributed by atoms with van der Waals surface area (Å²) in [5, 5.41) is 20.6. The molecular weight excluding hydrogens is 427 g/mol. The Labute approximate surface area is 174 Å². The molecule has 0 aliphatic heterocycles. The molecule has 0 radical (unpaired) electrons. The van der Waals surface area contributed by atoms with Crippen molar-refractivity contribution in [2.75, 3.05) is 5.32 Å². The van der Waals surface area contributed by atoms with E-state index < -0.39 is 5.91 Å². The van der Waals surface area contributed by atoms with E-state index in [9.17, 15) is 10.1 Å². The van der Waals surface area contributed by atoms with Crippen molar-refractivity contribution in [1.29, 1.82) is 5.26 Å². The largest absolute Gasteiger partial charge is 0.306 e. The summed E-state index contributed by atoms with van der Waals surface area (Å²) in [5.74, 6) is 0.268. The molecule has 5 nitrogen and oxygen atoms in total. The first-order valence-corrected chi connectivity index (χ1v) is 9.72. The number of rotatable bonds is 5. The Bertz CT molecular complexity index is 1050. The molecular formula is C18H11Cl3N4OS. The lowest BCUT2D eigenvalue weighted by atomic mass is 10.2. The molecule has 1 amide bonds. The smallest absolute Gasteiger partial charge is 0.258 e. The number of aromatic nitrogens is 2. The molecule has 9 heteroatoms. The molecule has 2 N–H and O–H groups in total. The minimum absolute atomic E-state index is 0.204. The summed E-state index contributed by atoms with van der Waals surface area (Å²) in [4.78, 5) is 12.4. The Morgan fingerprint density at radius 1 is 1.19 bits per heavy atom. The molecule has 1 aromatic heterocycles. The van der Waals surface area contributed by atoms with Crippen LogP contribution in [-0.2, 0) is 5.75 Å². The molecule has 3 rings (SSSR count). The summed E-state index contributed by atoms with van der Waals surface area (Å²) >= 11 is 19.4. The standard InChI is InChI=1S/C18H11Cl3N4OS/c19-11-5-6-12(15(21)7-11)17(26)23-16-13(8-22)18(25-24-16)27-9-10-3-1-2-4-14(10)20/h1-7H,9H2,(H2,23,24,25,26).